The van der Waals surface area contributed by atoms with Gasteiger partial charge in [-0.05, 0) is 39.8 Å². The molecule has 2 N–H and O–H groups in total. The van der Waals surface area contributed by atoms with E-state index in [-0.39, 0.29) is 105 Å². The fraction of sp³-hybridized carbons (Fsp3) is 0.424. The van der Waals surface area contributed by atoms with Crippen LogP contribution in [0.25, 0.3) is 22.3 Å². The van der Waals surface area contributed by atoms with Crippen LogP contribution in [0.5, 0.6) is 11.5 Å². The highest BCUT2D eigenvalue weighted by molar-refractivity contribution is 7.91. The summed E-state index contributed by atoms with van der Waals surface area (Å²) >= 11 is 0. The first-order valence-electron chi connectivity index (χ1n) is 15.6. The van der Waals surface area contributed by atoms with Crippen molar-refractivity contribution in [2.45, 2.75) is 50.6 Å². The minimum absolute atomic E-state index is 0.0150. The topological polar surface area (TPSA) is 198 Å². The van der Waals surface area contributed by atoms with Crippen LogP contribution >= 0.6 is 0 Å². The van der Waals surface area contributed by atoms with Gasteiger partial charge in [0.1, 0.15) is 34.5 Å². The number of H-pyrrole nitrogens is 2. The molecule has 0 aliphatic heterocycles. The first-order valence-corrected chi connectivity index (χ1v) is 19.4. The summed E-state index contributed by atoms with van der Waals surface area (Å²) in [5.41, 5.74) is -0.989. The summed E-state index contributed by atoms with van der Waals surface area (Å²) in [6, 6.07) is 2.63. The molecule has 0 spiro atoms. The third-order valence-electron chi connectivity index (χ3n) is 8.16. The standard InChI is InChI=1S/C33H42N4O11S2/c1-9-36-32(39)25(17-34-36)23-15-21(19(3)28(47-13-11-45-5)30(23)49(7,41)42)27(38)22-16-24(26-18-35-37(10-2)33(26)40)31(50(8,43)44)29(20(22)4)48-14-12-46-6/h15-18,34-35H,9-14H2,1-8H3. The van der Waals surface area contributed by atoms with Crippen LogP contribution in [0, 0.1) is 13.8 Å². The lowest BCUT2D eigenvalue weighted by atomic mass is 9.90. The lowest BCUT2D eigenvalue weighted by Gasteiger charge is -2.21. The molecule has 0 unspecified atom stereocenters. The van der Waals surface area contributed by atoms with Gasteiger partial charge in [0.2, 0.25) is 0 Å². The lowest BCUT2D eigenvalue weighted by Crippen LogP contribution is -2.20. The van der Waals surface area contributed by atoms with E-state index in [1.807, 2.05) is 0 Å². The molecule has 2 heterocycles. The van der Waals surface area contributed by atoms with Gasteiger partial charge < -0.3 is 29.1 Å². The Bertz CT molecular complexity index is 2100. The minimum atomic E-state index is -4.07. The van der Waals surface area contributed by atoms with Gasteiger partial charge in [0.15, 0.2) is 25.5 Å². The van der Waals surface area contributed by atoms with Gasteiger partial charge in [-0.1, -0.05) is 0 Å². The number of ether oxygens (including phenoxy) is 4. The average molecular weight is 735 g/mol. The molecule has 0 fully saturated rings. The van der Waals surface area contributed by atoms with Crippen LogP contribution in [-0.4, -0.2) is 95.3 Å². The lowest BCUT2D eigenvalue weighted by molar-refractivity contribution is 0.103. The highest BCUT2D eigenvalue weighted by Gasteiger charge is 2.33. The number of hydrogen-bond acceptors (Lipinski definition) is 11. The summed E-state index contributed by atoms with van der Waals surface area (Å²) in [6.07, 6.45) is 4.67. The summed E-state index contributed by atoms with van der Waals surface area (Å²) in [5, 5.41) is 5.62. The molecule has 0 aliphatic carbocycles. The molecule has 2 aromatic carbocycles. The van der Waals surface area contributed by atoms with E-state index in [9.17, 15) is 31.2 Å². The molecule has 0 amide bonds. The summed E-state index contributed by atoms with van der Waals surface area (Å²) in [5.74, 6) is -0.964. The zero-order chi connectivity index (χ0) is 37.1. The molecule has 0 saturated heterocycles. The van der Waals surface area contributed by atoms with E-state index in [0.29, 0.717) is 0 Å². The molecule has 2 aromatic heterocycles. The van der Waals surface area contributed by atoms with Crippen LogP contribution < -0.4 is 20.6 Å². The van der Waals surface area contributed by atoms with Gasteiger partial charge in [-0.3, -0.25) is 23.7 Å². The minimum Gasteiger partial charge on any atom is -0.489 e. The van der Waals surface area contributed by atoms with Crippen LogP contribution in [0.2, 0.25) is 0 Å². The Morgan fingerprint density at radius 2 is 1.02 bits per heavy atom. The number of aryl methyl sites for hydroxylation is 2. The van der Waals surface area contributed by atoms with Crippen molar-refractivity contribution in [1.29, 1.82) is 0 Å². The summed E-state index contributed by atoms with van der Waals surface area (Å²) < 4.78 is 78.1. The molecule has 4 aromatic rings. The number of rotatable bonds is 16. The number of carbonyl (C=O) groups is 1. The predicted octanol–water partition coefficient (Wildman–Crippen LogP) is 2.75. The molecule has 272 valence electrons. The Kier molecular flexibility index (Phi) is 11.7. The fourth-order valence-corrected chi connectivity index (χ4v) is 7.93. The Morgan fingerprint density at radius 3 is 1.30 bits per heavy atom. The first kappa shape index (κ1) is 38.4. The van der Waals surface area contributed by atoms with E-state index in [1.54, 1.807) is 13.8 Å². The van der Waals surface area contributed by atoms with Crippen molar-refractivity contribution in [1.82, 2.24) is 19.6 Å². The molecule has 0 atom stereocenters. The number of aromatic nitrogens is 4. The average Bonchev–Trinajstić information content (AvgIpc) is 3.61. The zero-order valence-corrected chi connectivity index (χ0v) is 30.9. The van der Waals surface area contributed by atoms with Crippen molar-refractivity contribution in [3.63, 3.8) is 0 Å². The third-order valence-corrected chi connectivity index (χ3v) is 10.5. The number of carbonyl (C=O) groups excluding carboxylic acids is 1. The van der Waals surface area contributed by atoms with Crippen molar-refractivity contribution in [3.8, 4) is 33.8 Å². The van der Waals surface area contributed by atoms with Gasteiger partial charge in [0.05, 0.1) is 24.3 Å². The van der Waals surface area contributed by atoms with Gasteiger partial charge >= 0.3 is 0 Å². The quantitative estimate of drug-likeness (QED) is 0.127. The van der Waals surface area contributed by atoms with E-state index in [0.717, 1.165) is 12.5 Å². The Morgan fingerprint density at radius 1 is 0.660 bits per heavy atom. The number of nitrogens with zero attached hydrogens (tertiary/aromatic N) is 2. The number of ketones is 1. The van der Waals surface area contributed by atoms with E-state index in [1.165, 1.54) is 62.0 Å². The van der Waals surface area contributed by atoms with Crippen LogP contribution in [0.3, 0.4) is 0 Å². The van der Waals surface area contributed by atoms with E-state index >= 15 is 0 Å². The molecular weight excluding hydrogens is 693 g/mol. The number of methoxy groups -OCH3 is 2. The number of aromatic amines is 2. The molecule has 15 nitrogen and oxygen atoms in total. The van der Waals surface area contributed by atoms with Crippen molar-refractivity contribution in [2.75, 3.05) is 53.2 Å². The maximum Gasteiger partial charge on any atom is 0.274 e. The third kappa shape index (κ3) is 7.35. The molecule has 4 rings (SSSR count). The Balaban J connectivity index is 2.15. The van der Waals surface area contributed by atoms with E-state index in [2.05, 4.69) is 10.2 Å². The monoisotopic (exact) mass is 734 g/mol. The molecule has 17 heteroatoms. The largest absolute Gasteiger partial charge is 0.489 e. The van der Waals surface area contributed by atoms with Gasteiger partial charge in [-0.2, -0.15) is 0 Å². The number of benzene rings is 2. The summed E-state index contributed by atoms with van der Waals surface area (Å²) in [4.78, 5) is 41.0. The fourth-order valence-electron chi connectivity index (χ4n) is 5.69. The Labute approximate surface area is 289 Å². The number of sulfone groups is 2. The normalized spacial score (nSPS) is 12.0. The van der Waals surface area contributed by atoms with Crippen LogP contribution in [0.4, 0.5) is 0 Å². The highest BCUT2D eigenvalue weighted by Crippen LogP contribution is 2.42. The SMILES string of the molecule is CCn1[nH]cc(-c2cc(C(=O)c3cc(-c4c[nH]n(CC)c4=O)c(S(C)(=O)=O)c(OCCOC)c3C)c(C)c(OCCOC)c2S(C)(=O)=O)c1=O. The number of nitrogens with one attached hydrogen (secondary N) is 2. The maximum atomic E-state index is 14.8. The zero-order valence-electron chi connectivity index (χ0n) is 29.3. The molecule has 50 heavy (non-hydrogen) atoms. The second kappa shape index (κ2) is 15.2. The first-order chi connectivity index (χ1) is 23.5. The smallest absolute Gasteiger partial charge is 0.274 e. The second-order valence-corrected chi connectivity index (χ2v) is 15.4. The van der Waals surface area contributed by atoms with Crippen molar-refractivity contribution >= 4 is 25.5 Å². The molecule has 0 radical (unpaired) electrons. The second-order valence-electron chi connectivity index (χ2n) is 11.5. The highest BCUT2D eigenvalue weighted by atomic mass is 32.2. The van der Waals surface area contributed by atoms with Crippen molar-refractivity contribution in [2.24, 2.45) is 0 Å². The van der Waals surface area contributed by atoms with Crippen LogP contribution in [-0.2, 0) is 42.2 Å². The van der Waals surface area contributed by atoms with Crippen molar-refractivity contribution < 1.29 is 40.6 Å². The van der Waals surface area contributed by atoms with Gasteiger partial charge in [0.25, 0.3) is 11.1 Å². The van der Waals surface area contributed by atoms with Crippen molar-refractivity contribution in [3.05, 3.63) is 67.5 Å². The Hall–Kier alpha value is -4.45. The van der Waals surface area contributed by atoms with Gasteiger partial charge in [-0.15, -0.1) is 0 Å². The van der Waals surface area contributed by atoms with E-state index in [4.69, 9.17) is 18.9 Å². The van der Waals surface area contributed by atoms with Gasteiger partial charge in [-0.25, -0.2) is 16.8 Å². The predicted molar refractivity (Wildman–Crippen MR) is 186 cm³/mol. The summed E-state index contributed by atoms with van der Waals surface area (Å²) in [6.45, 7) is 7.04. The molecule has 0 bridgehead atoms. The molecule has 0 saturated carbocycles. The molecular formula is C33H42N4O11S2. The van der Waals surface area contributed by atoms with Gasteiger partial charge in [0, 0.05) is 85.6 Å². The van der Waals surface area contributed by atoms with Crippen LogP contribution in [0.15, 0.2) is 43.9 Å². The molecule has 0 aliphatic rings. The maximum absolute atomic E-state index is 14.8. The van der Waals surface area contributed by atoms with E-state index < -0.39 is 36.6 Å². The number of hydrogen-bond donors (Lipinski definition) is 2. The van der Waals surface area contributed by atoms with Crippen LogP contribution in [0.1, 0.15) is 40.9 Å². The summed E-state index contributed by atoms with van der Waals surface area (Å²) in [7, 11) is -5.25.